The number of methoxy groups -OCH3 is 1. The maximum Gasteiger partial charge on any atom is 0.141 e. The van der Waals surface area contributed by atoms with Crippen LogP contribution in [0.4, 0.5) is 5.69 Å². The summed E-state index contributed by atoms with van der Waals surface area (Å²) in [5.74, 6) is 0.738. The minimum Gasteiger partial charge on any atom is -0.495 e. The maximum atomic E-state index is 5.97. The summed E-state index contributed by atoms with van der Waals surface area (Å²) in [7, 11) is 3.81. The average molecular weight is 299 g/mol. The molecule has 2 N–H and O–H groups in total. The van der Waals surface area contributed by atoms with Gasteiger partial charge in [0, 0.05) is 25.0 Å². The molecule has 1 atom stereocenters. The first-order valence-corrected chi connectivity index (χ1v) is 7.61. The summed E-state index contributed by atoms with van der Waals surface area (Å²) in [4.78, 5) is 6.43. The molecule has 0 aliphatic rings. The maximum absolute atomic E-state index is 5.97. The molecule has 0 amide bonds. The third-order valence-corrected chi connectivity index (χ3v) is 4.08. The van der Waals surface area contributed by atoms with E-state index in [1.807, 2.05) is 24.5 Å². The van der Waals surface area contributed by atoms with Gasteiger partial charge in [0.05, 0.1) is 12.8 Å². The molecule has 1 aromatic carbocycles. The monoisotopic (exact) mass is 299 g/mol. The second-order valence-electron chi connectivity index (χ2n) is 5.72. The Bertz CT molecular complexity index is 586. The van der Waals surface area contributed by atoms with Crippen LogP contribution in [0.1, 0.15) is 18.1 Å². The molecule has 2 aromatic rings. The van der Waals surface area contributed by atoms with E-state index in [2.05, 4.69) is 42.1 Å². The molecule has 0 bridgehead atoms. The number of rotatable bonds is 7. The first-order chi connectivity index (χ1) is 10.6. The summed E-state index contributed by atoms with van der Waals surface area (Å²) in [6, 6.07) is 10.6. The van der Waals surface area contributed by atoms with Gasteiger partial charge in [-0.15, -0.1) is 0 Å². The standard InChI is InChI=1S/C18H25N3O/c1-14(12-16-4-5-18(22-3)17(19)13-16)21(2)11-8-15-6-9-20-10-7-15/h4-7,9-10,13-14H,8,11-12,19H2,1-3H3. The lowest BCUT2D eigenvalue weighted by molar-refractivity contribution is 0.259. The number of hydrogen-bond donors (Lipinski definition) is 1. The zero-order chi connectivity index (χ0) is 15.9. The Morgan fingerprint density at radius 1 is 1.18 bits per heavy atom. The van der Waals surface area contributed by atoms with E-state index in [0.29, 0.717) is 11.7 Å². The Morgan fingerprint density at radius 3 is 2.55 bits per heavy atom. The fraction of sp³-hybridized carbons (Fsp3) is 0.389. The minimum atomic E-state index is 0.453. The van der Waals surface area contributed by atoms with Crippen LogP contribution in [0.25, 0.3) is 0 Å². The molecule has 0 aliphatic heterocycles. The smallest absolute Gasteiger partial charge is 0.141 e. The quantitative estimate of drug-likeness (QED) is 0.799. The molecular formula is C18H25N3O. The van der Waals surface area contributed by atoms with Crippen LogP contribution in [-0.4, -0.2) is 36.6 Å². The van der Waals surface area contributed by atoms with Gasteiger partial charge in [-0.1, -0.05) is 6.07 Å². The van der Waals surface area contributed by atoms with Crippen molar-refractivity contribution >= 4 is 5.69 Å². The van der Waals surface area contributed by atoms with Gasteiger partial charge < -0.3 is 15.4 Å². The lowest BCUT2D eigenvalue weighted by atomic mass is 10.0. The van der Waals surface area contributed by atoms with Crippen LogP contribution >= 0.6 is 0 Å². The lowest BCUT2D eigenvalue weighted by Gasteiger charge is -2.25. The van der Waals surface area contributed by atoms with Gasteiger partial charge >= 0.3 is 0 Å². The third-order valence-electron chi connectivity index (χ3n) is 4.08. The topological polar surface area (TPSA) is 51.4 Å². The second kappa shape index (κ2) is 7.80. The zero-order valence-corrected chi connectivity index (χ0v) is 13.6. The van der Waals surface area contributed by atoms with Gasteiger partial charge in [0.25, 0.3) is 0 Å². The van der Waals surface area contributed by atoms with Crippen molar-refractivity contribution in [2.24, 2.45) is 0 Å². The van der Waals surface area contributed by atoms with E-state index in [-0.39, 0.29) is 0 Å². The zero-order valence-electron chi connectivity index (χ0n) is 13.6. The predicted octanol–water partition coefficient (Wildman–Crippen LogP) is 2.78. The van der Waals surface area contributed by atoms with Gasteiger partial charge in [-0.25, -0.2) is 0 Å². The fourth-order valence-corrected chi connectivity index (χ4v) is 2.48. The molecule has 1 unspecified atom stereocenters. The summed E-state index contributed by atoms with van der Waals surface area (Å²) >= 11 is 0. The van der Waals surface area contributed by atoms with Gasteiger partial charge in [0.15, 0.2) is 0 Å². The van der Waals surface area contributed by atoms with Crippen molar-refractivity contribution in [3.63, 3.8) is 0 Å². The average Bonchev–Trinajstić information content (AvgIpc) is 2.53. The molecule has 4 nitrogen and oxygen atoms in total. The van der Waals surface area contributed by atoms with Gasteiger partial charge in [-0.2, -0.15) is 0 Å². The molecule has 0 spiro atoms. The normalized spacial score (nSPS) is 12.4. The molecule has 4 heteroatoms. The highest BCUT2D eigenvalue weighted by atomic mass is 16.5. The van der Waals surface area contributed by atoms with Gasteiger partial charge in [-0.3, -0.25) is 4.98 Å². The van der Waals surface area contributed by atoms with E-state index in [0.717, 1.165) is 25.1 Å². The van der Waals surface area contributed by atoms with Crippen LogP contribution in [0.5, 0.6) is 5.75 Å². The Morgan fingerprint density at radius 2 is 1.91 bits per heavy atom. The predicted molar refractivity (Wildman–Crippen MR) is 91.1 cm³/mol. The van der Waals surface area contributed by atoms with E-state index in [1.165, 1.54) is 11.1 Å². The van der Waals surface area contributed by atoms with Crippen molar-refractivity contribution in [3.05, 3.63) is 53.9 Å². The van der Waals surface area contributed by atoms with Gasteiger partial charge in [-0.05, 0) is 62.2 Å². The summed E-state index contributed by atoms with van der Waals surface area (Å²) < 4.78 is 5.20. The van der Waals surface area contributed by atoms with Crippen LogP contribution in [0, 0.1) is 0 Å². The van der Waals surface area contributed by atoms with E-state index in [1.54, 1.807) is 7.11 Å². The van der Waals surface area contributed by atoms with Crippen molar-refractivity contribution < 1.29 is 4.74 Å². The van der Waals surface area contributed by atoms with E-state index >= 15 is 0 Å². The first kappa shape index (κ1) is 16.3. The van der Waals surface area contributed by atoms with Crippen molar-refractivity contribution in [2.75, 3.05) is 26.4 Å². The summed E-state index contributed by atoms with van der Waals surface area (Å²) in [6.45, 7) is 3.27. The highest BCUT2D eigenvalue weighted by molar-refractivity contribution is 5.54. The highest BCUT2D eigenvalue weighted by Crippen LogP contribution is 2.23. The number of likely N-dealkylation sites (N-methyl/N-ethyl adjacent to an activating group) is 1. The number of hydrogen-bond acceptors (Lipinski definition) is 4. The number of nitrogens with two attached hydrogens (primary N) is 1. The Hall–Kier alpha value is -2.07. The number of anilines is 1. The largest absolute Gasteiger partial charge is 0.495 e. The summed E-state index contributed by atoms with van der Waals surface area (Å²) in [5, 5.41) is 0. The number of pyridine rings is 1. The van der Waals surface area contributed by atoms with Crippen molar-refractivity contribution in [2.45, 2.75) is 25.8 Å². The third kappa shape index (κ3) is 4.46. The molecule has 0 fully saturated rings. The Labute approximate surface area is 132 Å². The molecule has 0 saturated heterocycles. The molecule has 0 radical (unpaired) electrons. The number of aromatic nitrogens is 1. The summed E-state index contributed by atoms with van der Waals surface area (Å²) in [5.41, 5.74) is 9.23. The van der Waals surface area contributed by atoms with Crippen LogP contribution in [0.3, 0.4) is 0 Å². The van der Waals surface area contributed by atoms with Crippen LogP contribution in [-0.2, 0) is 12.8 Å². The number of benzene rings is 1. The number of nitrogens with zero attached hydrogens (tertiary/aromatic N) is 2. The summed E-state index contributed by atoms with van der Waals surface area (Å²) in [6.07, 6.45) is 5.70. The molecule has 0 aliphatic carbocycles. The fourth-order valence-electron chi connectivity index (χ4n) is 2.48. The minimum absolute atomic E-state index is 0.453. The second-order valence-corrected chi connectivity index (χ2v) is 5.72. The molecule has 0 saturated carbocycles. The van der Waals surface area contributed by atoms with Crippen molar-refractivity contribution in [1.29, 1.82) is 0 Å². The van der Waals surface area contributed by atoms with Crippen molar-refractivity contribution in [1.82, 2.24) is 9.88 Å². The van der Waals surface area contributed by atoms with E-state index in [4.69, 9.17) is 10.5 Å². The first-order valence-electron chi connectivity index (χ1n) is 7.61. The Kier molecular flexibility index (Phi) is 5.78. The van der Waals surface area contributed by atoms with Crippen LogP contribution in [0.15, 0.2) is 42.7 Å². The molecular weight excluding hydrogens is 274 g/mol. The molecule has 22 heavy (non-hydrogen) atoms. The highest BCUT2D eigenvalue weighted by Gasteiger charge is 2.11. The van der Waals surface area contributed by atoms with Crippen molar-refractivity contribution in [3.8, 4) is 5.75 Å². The Balaban J connectivity index is 1.88. The number of nitrogen functional groups attached to an aromatic ring is 1. The SMILES string of the molecule is COc1ccc(CC(C)N(C)CCc2ccncc2)cc1N. The van der Waals surface area contributed by atoms with Gasteiger partial charge in [0.1, 0.15) is 5.75 Å². The molecule has 1 heterocycles. The van der Waals surface area contributed by atoms with E-state index in [9.17, 15) is 0 Å². The van der Waals surface area contributed by atoms with Crippen LogP contribution < -0.4 is 10.5 Å². The molecule has 118 valence electrons. The lowest BCUT2D eigenvalue weighted by Crippen LogP contribution is -2.32. The number of ether oxygens (including phenoxy) is 1. The van der Waals surface area contributed by atoms with Gasteiger partial charge in [0.2, 0.25) is 0 Å². The van der Waals surface area contributed by atoms with E-state index < -0.39 is 0 Å². The molecule has 1 aromatic heterocycles. The molecule has 2 rings (SSSR count). The van der Waals surface area contributed by atoms with Crippen LogP contribution in [0.2, 0.25) is 0 Å².